The summed E-state index contributed by atoms with van der Waals surface area (Å²) in [5, 5.41) is 0. The van der Waals surface area contributed by atoms with Gasteiger partial charge in [-0.2, -0.15) is 0 Å². The molecule has 0 N–H and O–H groups in total. The van der Waals surface area contributed by atoms with Crippen molar-refractivity contribution in [3.8, 4) is 0 Å². The second kappa shape index (κ2) is 9.22. The highest BCUT2D eigenvalue weighted by molar-refractivity contribution is 4.64. The molecule has 0 aromatic carbocycles. The molecular weight excluding hydrogens is 84.1 g/mol. The molecule has 0 spiro atoms. The molecule has 0 heterocycles. The van der Waals surface area contributed by atoms with Gasteiger partial charge >= 0.3 is 0 Å². The first-order valence-electron chi connectivity index (χ1n) is 2.52. The second-order valence-corrected chi connectivity index (χ2v) is 1.43. The van der Waals surface area contributed by atoms with E-state index in [0.29, 0.717) is 0 Å². The van der Waals surface area contributed by atoms with Crippen molar-refractivity contribution in [2.45, 2.75) is 33.6 Å². The third-order valence-electron chi connectivity index (χ3n) is 0.762. The van der Waals surface area contributed by atoms with Gasteiger partial charge < -0.3 is 0 Å². The van der Waals surface area contributed by atoms with E-state index in [-0.39, 0.29) is 7.43 Å². The molecule has 0 rings (SSSR count). The van der Waals surface area contributed by atoms with Crippen LogP contribution in [0, 0.1) is 0 Å². The summed E-state index contributed by atoms with van der Waals surface area (Å²) in [7, 11) is 0. The van der Waals surface area contributed by atoms with Gasteiger partial charge in [-0.05, 0) is 6.42 Å². The van der Waals surface area contributed by atoms with Gasteiger partial charge in [-0.3, -0.25) is 0 Å². The van der Waals surface area contributed by atoms with Crippen LogP contribution in [-0.2, 0) is 0 Å². The van der Waals surface area contributed by atoms with E-state index in [9.17, 15) is 0 Å². The zero-order valence-corrected chi connectivity index (χ0v) is 4.41. The van der Waals surface area contributed by atoms with E-state index in [1.165, 1.54) is 19.3 Å². The zero-order valence-electron chi connectivity index (χ0n) is 4.41. The van der Waals surface area contributed by atoms with Gasteiger partial charge in [0.25, 0.3) is 0 Å². The fourth-order valence-electron chi connectivity index (χ4n) is 0.348. The van der Waals surface area contributed by atoms with Crippen molar-refractivity contribution in [3.63, 3.8) is 0 Å². The van der Waals surface area contributed by atoms with Crippen LogP contribution in [0.1, 0.15) is 33.6 Å². The summed E-state index contributed by atoms with van der Waals surface area (Å²) in [6, 6.07) is 0. The van der Waals surface area contributed by atoms with E-state index in [1.54, 1.807) is 0 Å². The fourth-order valence-corrected chi connectivity index (χ4v) is 0.348. The molecule has 0 bridgehead atoms. The Morgan fingerprint density at radius 2 is 2.14 bits per heavy atom. The summed E-state index contributed by atoms with van der Waals surface area (Å²) in [4.78, 5) is 0. The summed E-state index contributed by atoms with van der Waals surface area (Å²) in [5.74, 6) is 0. The Morgan fingerprint density at radius 1 is 1.57 bits per heavy atom. The standard InChI is InChI=1S/C6H12.CH4/c1-3-5-6-4-2;/h3H,1,4-6H2,2H3;1H4. The SMILES string of the molecule is C.C=CCCCC. The van der Waals surface area contributed by atoms with Gasteiger partial charge in [-0.25, -0.2) is 0 Å². The monoisotopic (exact) mass is 100 g/mol. The molecular formula is C7H16. The van der Waals surface area contributed by atoms with Crippen LogP contribution in [0.5, 0.6) is 0 Å². The minimum Gasteiger partial charge on any atom is -0.103 e. The van der Waals surface area contributed by atoms with Crippen molar-refractivity contribution in [2.75, 3.05) is 0 Å². The number of unbranched alkanes of at least 4 members (excludes halogenated alkanes) is 2. The lowest BCUT2D eigenvalue weighted by molar-refractivity contribution is 0.816. The average Bonchev–Trinajstić information content (AvgIpc) is 1.61. The molecule has 0 fully saturated rings. The van der Waals surface area contributed by atoms with E-state index in [2.05, 4.69) is 13.5 Å². The highest BCUT2D eigenvalue weighted by Crippen LogP contribution is 1.91. The van der Waals surface area contributed by atoms with Crippen molar-refractivity contribution in [3.05, 3.63) is 12.7 Å². The summed E-state index contributed by atoms with van der Waals surface area (Å²) >= 11 is 0. The van der Waals surface area contributed by atoms with Crippen molar-refractivity contribution in [2.24, 2.45) is 0 Å². The number of hydrogen-bond donors (Lipinski definition) is 0. The summed E-state index contributed by atoms with van der Waals surface area (Å²) in [6.45, 7) is 5.78. The Balaban J connectivity index is 0. The van der Waals surface area contributed by atoms with Crippen LogP contribution in [0.2, 0.25) is 0 Å². The minimum absolute atomic E-state index is 0. The minimum atomic E-state index is 0. The normalized spacial score (nSPS) is 7.00. The van der Waals surface area contributed by atoms with Crippen molar-refractivity contribution < 1.29 is 0 Å². The summed E-state index contributed by atoms with van der Waals surface area (Å²) in [5.41, 5.74) is 0. The number of hydrogen-bond acceptors (Lipinski definition) is 0. The maximum absolute atomic E-state index is 3.60. The van der Waals surface area contributed by atoms with Gasteiger partial charge in [0, 0.05) is 0 Å². The summed E-state index contributed by atoms with van der Waals surface area (Å²) in [6.07, 6.45) is 5.72. The molecule has 0 aliphatic heterocycles. The Morgan fingerprint density at radius 3 is 2.29 bits per heavy atom. The molecule has 0 amide bonds. The maximum atomic E-state index is 3.60. The Bertz CT molecular complexity index is 29.0. The van der Waals surface area contributed by atoms with Gasteiger partial charge in [-0.15, -0.1) is 6.58 Å². The molecule has 0 saturated heterocycles. The van der Waals surface area contributed by atoms with Gasteiger partial charge in [-0.1, -0.05) is 33.3 Å². The van der Waals surface area contributed by atoms with Gasteiger partial charge in [0.15, 0.2) is 0 Å². The molecule has 0 aliphatic carbocycles. The molecule has 0 aromatic heterocycles. The van der Waals surface area contributed by atoms with E-state index < -0.39 is 0 Å². The predicted molar refractivity (Wildman–Crippen MR) is 36.5 cm³/mol. The molecule has 0 unspecified atom stereocenters. The Labute approximate surface area is 47.2 Å². The van der Waals surface area contributed by atoms with Crippen molar-refractivity contribution in [1.29, 1.82) is 0 Å². The van der Waals surface area contributed by atoms with Crippen LogP contribution in [-0.4, -0.2) is 0 Å². The van der Waals surface area contributed by atoms with Crippen molar-refractivity contribution in [1.82, 2.24) is 0 Å². The van der Waals surface area contributed by atoms with Gasteiger partial charge in [0.1, 0.15) is 0 Å². The molecule has 0 heteroatoms. The highest BCUT2D eigenvalue weighted by atomic mass is 13.8. The smallest absolute Gasteiger partial charge is 0.0354 e. The zero-order chi connectivity index (χ0) is 4.83. The molecule has 0 aliphatic rings. The molecule has 0 atom stereocenters. The third kappa shape index (κ3) is 10.7. The number of rotatable bonds is 3. The summed E-state index contributed by atoms with van der Waals surface area (Å²) < 4.78 is 0. The predicted octanol–water partition coefficient (Wildman–Crippen LogP) is 3.00. The van der Waals surface area contributed by atoms with E-state index in [1.807, 2.05) is 6.08 Å². The molecule has 0 nitrogen and oxygen atoms in total. The van der Waals surface area contributed by atoms with E-state index in [0.717, 1.165) is 0 Å². The topological polar surface area (TPSA) is 0 Å². The molecule has 0 aromatic rings. The molecule has 7 heavy (non-hydrogen) atoms. The highest BCUT2D eigenvalue weighted by Gasteiger charge is 1.71. The van der Waals surface area contributed by atoms with Crippen LogP contribution in [0.15, 0.2) is 12.7 Å². The van der Waals surface area contributed by atoms with E-state index >= 15 is 0 Å². The largest absolute Gasteiger partial charge is 0.103 e. The first kappa shape index (κ1) is 9.88. The lowest BCUT2D eigenvalue weighted by atomic mass is 10.3. The molecule has 0 radical (unpaired) electrons. The quantitative estimate of drug-likeness (QED) is 0.378. The third-order valence-corrected chi connectivity index (χ3v) is 0.762. The van der Waals surface area contributed by atoms with Crippen LogP contribution in [0.25, 0.3) is 0 Å². The fraction of sp³-hybridized carbons (Fsp3) is 0.714. The van der Waals surface area contributed by atoms with Crippen LogP contribution in [0.4, 0.5) is 0 Å². The van der Waals surface area contributed by atoms with Crippen LogP contribution in [0.3, 0.4) is 0 Å². The Kier molecular flexibility index (Phi) is 13.0. The molecule has 0 saturated carbocycles. The first-order valence-corrected chi connectivity index (χ1v) is 2.52. The van der Waals surface area contributed by atoms with E-state index in [4.69, 9.17) is 0 Å². The van der Waals surface area contributed by atoms with Gasteiger partial charge in [0.2, 0.25) is 0 Å². The van der Waals surface area contributed by atoms with Crippen LogP contribution >= 0.6 is 0 Å². The maximum Gasteiger partial charge on any atom is -0.0354 e. The van der Waals surface area contributed by atoms with Crippen molar-refractivity contribution >= 4 is 0 Å². The average molecular weight is 100 g/mol. The lowest BCUT2D eigenvalue weighted by Gasteiger charge is -1.81. The Hall–Kier alpha value is -0.260. The van der Waals surface area contributed by atoms with Crippen LogP contribution < -0.4 is 0 Å². The molecule has 44 valence electrons. The number of allylic oxidation sites excluding steroid dienone is 1. The lowest BCUT2D eigenvalue weighted by Crippen LogP contribution is -1.61. The van der Waals surface area contributed by atoms with Gasteiger partial charge in [0.05, 0.1) is 0 Å². The first-order chi connectivity index (χ1) is 2.91. The second-order valence-electron chi connectivity index (χ2n) is 1.43.